The summed E-state index contributed by atoms with van der Waals surface area (Å²) >= 11 is 0. The first kappa shape index (κ1) is 16.6. The molecule has 1 amide bonds. The Bertz CT molecular complexity index is 663. The number of likely N-dealkylation sites (tertiary alicyclic amines) is 1. The van der Waals surface area contributed by atoms with E-state index >= 15 is 0 Å². The molecule has 1 aromatic rings. The fourth-order valence-electron chi connectivity index (χ4n) is 3.17. The van der Waals surface area contributed by atoms with Crippen molar-refractivity contribution in [1.82, 2.24) is 4.90 Å². The first-order valence-electron chi connectivity index (χ1n) is 7.73. The van der Waals surface area contributed by atoms with Gasteiger partial charge in [0.15, 0.2) is 6.29 Å². The second-order valence-corrected chi connectivity index (χ2v) is 5.91. The lowest BCUT2D eigenvalue weighted by atomic mass is 9.96. The number of hydrogen-bond donors (Lipinski definition) is 1. The highest BCUT2D eigenvalue weighted by Gasteiger charge is 2.34. The van der Waals surface area contributed by atoms with Crippen molar-refractivity contribution in [3.8, 4) is 0 Å². The maximum Gasteiger partial charge on any atom is 0.295 e. The quantitative estimate of drug-likeness (QED) is 0.508. The molecule has 2 heterocycles. The van der Waals surface area contributed by atoms with Gasteiger partial charge in [0, 0.05) is 19.0 Å². The zero-order chi connectivity index (χ0) is 17.3. The summed E-state index contributed by atoms with van der Waals surface area (Å²) in [6.45, 7) is 1.91. The number of carbonyl (C=O) groups excluding carboxylic acids is 1. The van der Waals surface area contributed by atoms with Crippen LogP contribution in [-0.4, -0.2) is 48.3 Å². The number of nitro groups is 1. The summed E-state index contributed by atoms with van der Waals surface area (Å²) < 4.78 is 24.6. The van der Waals surface area contributed by atoms with Gasteiger partial charge in [-0.05, 0) is 18.9 Å². The monoisotopic (exact) mass is 339 g/mol. The summed E-state index contributed by atoms with van der Waals surface area (Å²) in [5.41, 5.74) is 4.61. The third kappa shape index (κ3) is 3.17. The number of nitrogens with zero attached hydrogens (tertiary/aromatic N) is 2. The van der Waals surface area contributed by atoms with Crippen molar-refractivity contribution in [1.29, 1.82) is 0 Å². The molecule has 0 aliphatic carbocycles. The molecule has 1 unspecified atom stereocenters. The average molecular weight is 339 g/mol. The lowest BCUT2D eigenvalue weighted by Gasteiger charge is -2.34. The van der Waals surface area contributed by atoms with Gasteiger partial charge in [-0.25, -0.2) is 4.39 Å². The minimum absolute atomic E-state index is 0.0231. The van der Waals surface area contributed by atoms with Crippen LogP contribution in [0.3, 0.4) is 0 Å². The maximum absolute atomic E-state index is 13.6. The zero-order valence-electron chi connectivity index (χ0n) is 12.9. The SMILES string of the molecule is Nc1c(C(=O)N2CCCC(C3OCCO3)C2)cc(F)cc1[N+](=O)[O-]. The van der Waals surface area contributed by atoms with E-state index in [0.717, 1.165) is 18.9 Å². The number of nitro benzene ring substituents is 1. The molecular formula is C15H18FN3O5. The number of halogens is 1. The molecule has 0 bridgehead atoms. The van der Waals surface area contributed by atoms with Crippen LogP contribution in [-0.2, 0) is 9.47 Å². The van der Waals surface area contributed by atoms with Gasteiger partial charge in [-0.1, -0.05) is 0 Å². The molecule has 9 heteroatoms. The predicted molar refractivity (Wildman–Crippen MR) is 81.8 cm³/mol. The van der Waals surface area contributed by atoms with Gasteiger partial charge in [0.1, 0.15) is 11.5 Å². The molecule has 3 rings (SSSR count). The topological polar surface area (TPSA) is 108 Å². The van der Waals surface area contributed by atoms with Crippen LogP contribution >= 0.6 is 0 Å². The molecule has 2 fully saturated rings. The molecule has 2 N–H and O–H groups in total. The molecule has 24 heavy (non-hydrogen) atoms. The summed E-state index contributed by atoms with van der Waals surface area (Å²) in [5, 5.41) is 11.0. The summed E-state index contributed by atoms with van der Waals surface area (Å²) in [6.07, 6.45) is 1.25. The number of piperidine rings is 1. The minimum Gasteiger partial charge on any atom is -0.393 e. The first-order chi connectivity index (χ1) is 11.5. The molecule has 0 spiro atoms. The van der Waals surface area contributed by atoms with Crippen molar-refractivity contribution in [3.05, 3.63) is 33.6 Å². The van der Waals surface area contributed by atoms with Gasteiger partial charge >= 0.3 is 0 Å². The van der Waals surface area contributed by atoms with Crippen LogP contribution in [0, 0.1) is 21.8 Å². The van der Waals surface area contributed by atoms with E-state index in [4.69, 9.17) is 15.2 Å². The Labute approximate surface area is 137 Å². The Hall–Kier alpha value is -2.26. The predicted octanol–water partition coefficient (Wildman–Crippen LogP) is 1.54. The number of nitrogen functional groups attached to an aromatic ring is 1. The molecule has 2 aliphatic rings. The van der Waals surface area contributed by atoms with Crippen molar-refractivity contribution in [2.75, 3.05) is 32.0 Å². The largest absolute Gasteiger partial charge is 0.393 e. The normalized spacial score (nSPS) is 21.9. The van der Waals surface area contributed by atoms with Gasteiger partial charge in [-0.3, -0.25) is 14.9 Å². The van der Waals surface area contributed by atoms with E-state index in [2.05, 4.69) is 0 Å². The number of carbonyl (C=O) groups is 1. The van der Waals surface area contributed by atoms with Crippen molar-refractivity contribution in [2.24, 2.45) is 5.92 Å². The number of ether oxygens (including phenoxy) is 2. The highest BCUT2D eigenvalue weighted by atomic mass is 19.1. The van der Waals surface area contributed by atoms with Crippen molar-refractivity contribution in [3.63, 3.8) is 0 Å². The molecule has 130 valence electrons. The minimum atomic E-state index is -0.865. The summed E-state index contributed by atoms with van der Waals surface area (Å²) in [6, 6.07) is 1.65. The smallest absolute Gasteiger partial charge is 0.295 e. The highest BCUT2D eigenvalue weighted by Crippen LogP contribution is 2.30. The number of nitrogens with two attached hydrogens (primary N) is 1. The Morgan fingerprint density at radius 1 is 1.38 bits per heavy atom. The summed E-state index contributed by atoms with van der Waals surface area (Å²) in [4.78, 5) is 24.4. The van der Waals surface area contributed by atoms with E-state index in [1.807, 2.05) is 0 Å². The van der Waals surface area contributed by atoms with Crippen molar-refractivity contribution in [2.45, 2.75) is 19.1 Å². The zero-order valence-corrected chi connectivity index (χ0v) is 12.9. The van der Waals surface area contributed by atoms with E-state index in [1.165, 1.54) is 4.90 Å². The number of benzene rings is 1. The second-order valence-electron chi connectivity index (χ2n) is 5.91. The standard InChI is InChI=1S/C15H18FN3O5/c16-10-6-11(13(17)12(7-10)19(21)22)14(20)18-3-1-2-9(8-18)15-23-4-5-24-15/h6-7,9,15H,1-5,8,17H2. The Kier molecular flexibility index (Phi) is 4.63. The van der Waals surface area contributed by atoms with Crippen LogP contribution in [0.15, 0.2) is 12.1 Å². The molecule has 0 aromatic heterocycles. The van der Waals surface area contributed by atoms with Gasteiger partial charge in [-0.2, -0.15) is 0 Å². The molecular weight excluding hydrogens is 321 g/mol. The molecule has 1 atom stereocenters. The fourth-order valence-corrected chi connectivity index (χ4v) is 3.17. The van der Waals surface area contributed by atoms with Crippen molar-refractivity contribution >= 4 is 17.3 Å². The van der Waals surface area contributed by atoms with E-state index in [1.54, 1.807) is 0 Å². The third-order valence-corrected chi connectivity index (χ3v) is 4.33. The van der Waals surface area contributed by atoms with Crippen LogP contribution < -0.4 is 5.73 Å². The molecule has 1 aromatic carbocycles. The summed E-state index contributed by atoms with van der Waals surface area (Å²) in [7, 11) is 0. The summed E-state index contributed by atoms with van der Waals surface area (Å²) in [5.74, 6) is -1.36. The van der Waals surface area contributed by atoms with Crippen LogP contribution in [0.2, 0.25) is 0 Å². The number of hydrogen-bond acceptors (Lipinski definition) is 6. The Balaban J connectivity index is 1.82. The number of anilines is 1. The molecule has 0 radical (unpaired) electrons. The second kappa shape index (κ2) is 6.70. The third-order valence-electron chi connectivity index (χ3n) is 4.33. The van der Waals surface area contributed by atoms with E-state index < -0.39 is 22.3 Å². The Morgan fingerprint density at radius 2 is 2.08 bits per heavy atom. The van der Waals surface area contributed by atoms with Gasteiger partial charge in [-0.15, -0.1) is 0 Å². The first-order valence-corrected chi connectivity index (χ1v) is 7.73. The average Bonchev–Trinajstić information content (AvgIpc) is 3.10. The maximum atomic E-state index is 13.6. The molecule has 2 saturated heterocycles. The van der Waals surface area contributed by atoms with Gasteiger partial charge < -0.3 is 20.1 Å². The molecule has 8 nitrogen and oxygen atoms in total. The van der Waals surface area contributed by atoms with Crippen molar-refractivity contribution < 1.29 is 23.6 Å². The van der Waals surface area contributed by atoms with Gasteiger partial charge in [0.2, 0.25) is 0 Å². The van der Waals surface area contributed by atoms with Crippen LogP contribution in [0.25, 0.3) is 0 Å². The Morgan fingerprint density at radius 3 is 2.75 bits per heavy atom. The lowest BCUT2D eigenvalue weighted by Crippen LogP contribution is -2.44. The van der Waals surface area contributed by atoms with Gasteiger partial charge in [0.05, 0.1) is 29.8 Å². The van der Waals surface area contributed by atoms with Gasteiger partial charge in [0.25, 0.3) is 11.6 Å². The molecule has 2 aliphatic heterocycles. The van der Waals surface area contributed by atoms with E-state index in [9.17, 15) is 19.3 Å². The lowest BCUT2D eigenvalue weighted by molar-refractivity contribution is -0.384. The van der Waals surface area contributed by atoms with E-state index in [-0.39, 0.29) is 23.5 Å². The van der Waals surface area contributed by atoms with Crippen LogP contribution in [0.1, 0.15) is 23.2 Å². The fraction of sp³-hybridized carbons (Fsp3) is 0.533. The molecule has 0 saturated carbocycles. The highest BCUT2D eigenvalue weighted by molar-refractivity contribution is 6.01. The number of rotatable bonds is 3. The number of amides is 1. The van der Waals surface area contributed by atoms with Crippen LogP contribution in [0.5, 0.6) is 0 Å². The van der Waals surface area contributed by atoms with E-state index in [0.29, 0.717) is 32.4 Å². The van der Waals surface area contributed by atoms with Crippen LogP contribution in [0.4, 0.5) is 15.8 Å².